The van der Waals surface area contributed by atoms with E-state index in [2.05, 4.69) is 13.8 Å². The molecule has 1 spiro atoms. The van der Waals surface area contributed by atoms with Crippen molar-refractivity contribution >= 4 is 5.78 Å². The molecule has 0 aromatic rings. The lowest BCUT2D eigenvalue weighted by molar-refractivity contribution is -0.118. The summed E-state index contributed by atoms with van der Waals surface area (Å²) in [4.78, 5) is 11.6. The average molecular weight is 246 g/mol. The lowest BCUT2D eigenvalue weighted by atomic mass is 9.53. The first-order valence-corrected chi connectivity index (χ1v) is 7.10. The maximum atomic E-state index is 11.6. The zero-order valence-electron chi connectivity index (χ0n) is 11.3. The molecule has 1 N–H and O–H groups in total. The minimum Gasteiger partial charge on any atom is -0.392 e. The highest BCUT2D eigenvalue weighted by atomic mass is 16.3. The summed E-state index contributed by atoms with van der Waals surface area (Å²) in [6.45, 7) is 4.35. The third kappa shape index (κ3) is 1.62. The van der Waals surface area contributed by atoms with Crippen LogP contribution in [0.3, 0.4) is 0 Å². The molecule has 0 unspecified atom stereocenters. The standard InChI is InChI=1S/C16H22O2/c1-10(2)12-7-11-3-4-13-8-14(17)5-6-16(13,9-12)15(11)18/h8,11,15,18H,3-7,9H2,1-2H3/t11-,15+,16+/m1/s1. The van der Waals surface area contributed by atoms with E-state index in [0.717, 1.165) is 32.1 Å². The van der Waals surface area contributed by atoms with E-state index in [0.29, 0.717) is 12.3 Å². The topological polar surface area (TPSA) is 37.3 Å². The molecule has 18 heavy (non-hydrogen) atoms. The SMILES string of the molecule is CC(C)=C1C[C@H]2CCC3=CC(=O)CC[C@@]3(C1)[C@H]2O. The number of fused-ring (bicyclic) bond motifs is 1. The molecule has 2 saturated carbocycles. The molecule has 0 aliphatic heterocycles. The summed E-state index contributed by atoms with van der Waals surface area (Å²) >= 11 is 0. The predicted molar refractivity (Wildman–Crippen MR) is 71.1 cm³/mol. The molecule has 3 rings (SSSR count). The fraction of sp³-hybridized carbons (Fsp3) is 0.688. The van der Waals surface area contributed by atoms with Gasteiger partial charge < -0.3 is 5.11 Å². The number of hydrogen-bond acceptors (Lipinski definition) is 2. The summed E-state index contributed by atoms with van der Waals surface area (Å²) in [6, 6.07) is 0. The maximum Gasteiger partial charge on any atom is 0.155 e. The fourth-order valence-electron chi connectivity index (χ4n) is 4.20. The maximum absolute atomic E-state index is 11.6. The van der Waals surface area contributed by atoms with Crippen LogP contribution < -0.4 is 0 Å². The van der Waals surface area contributed by atoms with Crippen molar-refractivity contribution in [2.75, 3.05) is 0 Å². The highest BCUT2D eigenvalue weighted by Crippen LogP contribution is 2.57. The van der Waals surface area contributed by atoms with Crippen LogP contribution in [0.2, 0.25) is 0 Å². The molecule has 0 aromatic heterocycles. The first-order valence-electron chi connectivity index (χ1n) is 7.10. The molecule has 0 amide bonds. The number of ketones is 1. The first kappa shape index (κ1) is 12.2. The van der Waals surface area contributed by atoms with Gasteiger partial charge in [0.25, 0.3) is 0 Å². The van der Waals surface area contributed by atoms with Gasteiger partial charge >= 0.3 is 0 Å². The first-order chi connectivity index (χ1) is 8.53. The molecule has 3 atom stereocenters. The summed E-state index contributed by atoms with van der Waals surface area (Å²) in [5.74, 6) is 0.666. The molecule has 3 aliphatic rings. The number of allylic oxidation sites excluding steroid dienone is 3. The number of hydrogen-bond donors (Lipinski definition) is 1. The van der Waals surface area contributed by atoms with E-state index >= 15 is 0 Å². The van der Waals surface area contributed by atoms with Gasteiger partial charge in [-0.3, -0.25) is 4.79 Å². The summed E-state index contributed by atoms with van der Waals surface area (Å²) in [6.07, 6.45) is 7.18. The van der Waals surface area contributed by atoms with Crippen molar-refractivity contribution in [3.8, 4) is 0 Å². The normalized spacial score (nSPS) is 39.2. The Hall–Kier alpha value is -0.890. The molecule has 0 heterocycles. The average Bonchev–Trinajstić information content (AvgIpc) is 2.31. The van der Waals surface area contributed by atoms with Crippen LogP contribution in [-0.4, -0.2) is 17.0 Å². The molecular weight excluding hydrogens is 224 g/mol. The van der Waals surface area contributed by atoms with Crippen molar-refractivity contribution in [2.24, 2.45) is 11.3 Å². The molecule has 2 bridgehead atoms. The Morgan fingerprint density at radius 1 is 1.39 bits per heavy atom. The lowest BCUT2D eigenvalue weighted by Gasteiger charge is -2.53. The van der Waals surface area contributed by atoms with Gasteiger partial charge in [0.1, 0.15) is 0 Å². The van der Waals surface area contributed by atoms with Gasteiger partial charge in [-0.1, -0.05) is 16.7 Å². The third-order valence-electron chi connectivity index (χ3n) is 5.33. The van der Waals surface area contributed by atoms with E-state index in [9.17, 15) is 9.90 Å². The van der Waals surface area contributed by atoms with Gasteiger partial charge in [0.05, 0.1) is 6.10 Å². The second-order valence-electron chi connectivity index (χ2n) is 6.52. The van der Waals surface area contributed by atoms with Gasteiger partial charge in [0.2, 0.25) is 0 Å². The largest absolute Gasteiger partial charge is 0.392 e. The van der Waals surface area contributed by atoms with E-state index in [1.54, 1.807) is 0 Å². The lowest BCUT2D eigenvalue weighted by Crippen LogP contribution is -2.50. The summed E-state index contributed by atoms with van der Waals surface area (Å²) in [7, 11) is 0. The number of aliphatic hydroxyl groups is 1. The Kier molecular flexibility index (Phi) is 2.74. The zero-order valence-corrected chi connectivity index (χ0v) is 11.3. The van der Waals surface area contributed by atoms with Crippen molar-refractivity contribution in [3.05, 3.63) is 22.8 Å². The van der Waals surface area contributed by atoms with Gasteiger partial charge in [0, 0.05) is 11.8 Å². The van der Waals surface area contributed by atoms with Crippen LogP contribution in [0.5, 0.6) is 0 Å². The van der Waals surface area contributed by atoms with E-state index < -0.39 is 0 Å². The quantitative estimate of drug-likeness (QED) is 0.667. The van der Waals surface area contributed by atoms with Crippen molar-refractivity contribution in [3.63, 3.8) is 0 Å². The zero-order chi connectivity index (χ0) is 12.9. The Bertz CT molecular complexity index is 454. The minimum absolute atomic E-state index is 0.0956. The Labute approximate surface area is 109 Å². The van der Waals surface area contributed by atoms with Gasteiger partial charge in [0.15, 0.2) is 5.78 Å². The monoisotopic (exact) mass is 246 g/mol. The van der Waals surface area contributed by atoms with Crippen LogP contribution in [-0.2, 0) is 4.79 Å². The van der Waals surface area contributed by atoms with Crippen molar-refractivity contribution in [2.45, 2.75) is 58.5 Å². The minimum atomic E-state index is -0.228. The van der Waals surface area contributed by atoms with Crippen LogP contribution in [0.25, 0.3) is 0 Å². The second kappa shape index (κ2) is 4.06. The Morgan fingerprint density at radius 2 is 2.17 bits per heavy atom. The summed E-state index contributed by atoms with van der Waals surface area (Å²) in [5, 5.41) is 10.7. The van der Waals surface area contributed by atoms with Crippen LogP contribution in [0, 0.1) is 11.3 Å². The van der Waals surface area contributed by atoms with Crippen LogP contribution in [0.4, 0.5) is 0 Å². The van der Waals surface area contributed by atoms with E-state index in [-0.39, 0.29) is 17.3 Å². The molecule has 2 fully saturated rings. The molecule has 98 valence electrons. The van der Waals surface area contributed by atoms with E-state index in [4.69, 9.17) is 0 Å². The molecule has 2 nitrogen and oxygen atoms in total. The highest BCUT2D eigenvalue weighted by Gasteiger charge is 2.52. The number of carbonyl (C=O) groups excluding carboxylic acids is 1. The number of aliphatic hydroxyl groups excluding tert-OH is 1. The van der Waals surface area contributed by atoms with Gasteiger partial charge in [-0.25, -0.2) is 0 Å². The molecular formula is C16H22O2. The van der Waals surface area contributed by atoms with Crippen molar-refractivity contribution in [1.82, 2.24) is 0 Å². The van der Waals surface area contributed by atoms with E-state index in [1.807, 2.05) is 6.08 Å². The smallest absolute Gasteiger partial charge is 0.155 e. The number of carbonyl (C=O) groups is 1. The van der Waals surface area contributed by atoms with Crippen LogP contribution >= 0.6 is 0 Å². The van der Waals surface area contributed by atoms with Gasteiger partial charge in [-0.05, 0) is 57.9 Å². The van der Waals surface area contributed by atoms with Gasteiger partial charge in [-0.2, -0.15) is 0 Å². The van der Waals surface area contributed by atoms with Crippen LogP contribution in [0.1, 0.15) is 52.4 Å². The summed E-state index contributed by atoms with van der Waals surface area (Å²) < 4.78 is 0. The van der Waals surface area contributed by atoms with Crippen LogP contribution in [0.15, 0.2) is 22.8 Å². The highest BCUT2D eigenvalue weighted by molar-refractivity contribution is 5.91. The molecule has 0 saturated heterocycles. The van der Waals surface area contributed by atoms with Gasteiger partial charge in [-0.15, -0.1) is 0 Å². The van der Waals surface area contributed by atoms with Crippen molar-refractivity contribution < 1.29 is 9.90 Å². The third-order valence-corrected chi connectivity index (χ3v) is 5.33. The Balaban J connectivity index is 2.07. The predicted octanol–water partition coefficient (Wildman–Crippen LogP) is 3.16. The molecule has 0 aromatic carbocycles. The van der Waals surface area contributed by atoms with Crippen molar-refractivity contribution in [1.29, 1.82) is 0 Å². The molecule has 3 aliphatic carbocycles. The summed E-state index contributed by atoms with van der Waals surface area (Å²) in [5.41, 5.74) is 4.07. The Morgan fingerprint density at radius 3 is 2.89 bits per heavy atom. The second-order valence-corrected chi connectivity index (χ2v) is 6.52. The van der Waals surface area contributed by atoms with E-state index in [1.165, 1.54) is 16.7 Å². The fourth-order valence-corrected chi connectivity index (χ4v) is 4.20. The molecule has 0 radical (unpaired) electrons. The molecule has 2 heteroatoms. The number of rotatable bonds is 0.